The largest absolute Gasteiger partial charge is 0.497 e. The maximum absolute atomic E-state index is 6.33. The van der Waals surface area contributed by atoms with Gasteiger partial charge in [-0.15, -0.1) is 0 Å². The highest BCUT2D eigenvalue weighted by Gasteiger charge is 2.41. The first-order valence-electron chi connectivity index (χ1n) is 8.34. The number of ether oxygens (including phenoxy) is 2. The topological polar surface area (TPSA) is 31.6 Å². The van der Waals surface area contributed by atoms with Gasteiger partial charge in [0.05, 0.1) is 13.7 Å². The highest BCUT2D eigenvalue weighted by atomic mass is 16.5. The van der Waals surface area contributed by atoms with Crippen molar-refractivity contribution in [3.8, 4) is 5.75 Å². The summed E-state index contributed by atoms with van der Waals surface area (Å²) in [6.45, 7) is 2.48. The molecule has 1 atom stereocenters. The predicted octanol–water partition coefficient (Wildman–Crippen LogP) is 4.95. The number of benzene rings is 2. The standard InChI is InChI=1S/C22H20O3/c1-16-8-13-21(25-16)22(19-6-4-3-5-7-19)14-18(15-24-22)17-9-11-20(23-2)12-10-17/h3-14H,15H2,1-2H3. The fourth-order valence-electron chi connectivity index (χ4n) is 3.26. The molecule has 0 N–H and O–H groups in total. The summed E-state index contributed by atoms with van der Waals surface area (Å²) in [4.78, 5) is 0. The molecule has 0 radical (unpaired) electrons. The molecule has 0 amide bonds. The molecule has 0 aliphatic carbocycles. The quantitative estimate of drug-likeness (QED) is 0.677. The van der Waals surface area contributed by atoms with Crippen LogP contribution in [0.4, 0.5) is 0 Å². The molecule has 0 bridgehead atoms. The Morgan fingerprint density at radius 3 is 2.32 bits per heavy atom. The van der Waals surface area contributed by atoms with E-state index in [1.54, 1.807) is 7.11 Å². The summed E-state index contributed by atoms with van der Waals surface area (Å²) in [7, 11) is 1.67. The van der Waals surface area contributed by atoms with Crippen LogP contribution in [0.3, 0.4) is 0 Å². The van der Waals surface area contributed by atoms with Crippen LogP contribution in [0.15, 0.2) is 77.2 Å². The van der Waals surface area contributed by atoms with Crippen LogP contribution in [0.1, 0.15) is 22.6 Å². The van der Waals surface area contributed by atoms with E-state index in [0.717, 1.165) is 34.0 Å². The lowest BCUT2D eigenvalue weighted by Crippen LogP contribution is -2.25. The second kappa shape index (κ2) is 6.26. The Hall–Kier alpha value is -2.78. The first-order valence-corrected chi connectivity index (χ1v) is 8.34. The SMILES string of the molecule is COc1ccc(C2=CC(c3ccccc3)(c3ccc(C)o3)OC2)cc1. The summed E-state index contributed by atoms with van der Waals surface area (Å²) >= 11 is 0. The number of aryl methyl sites for hydroxylation is 1. The first-order chi connectivity index (χ1) is 12.2. The van der Waals surface area contributed by atoms with Crippen LogP contribution in [0.25, 0.3) is 5.57 Å². The summed E-state index contributed by atoms with van der Waals surface area (Å²) in [6.07, 6.45) is 2.17. The monoisotopic (exact) mass is 332 g/mol. The summed E-state index contributed by atoms with van der Waals surface area (Å²) in [5.41, 5.74) is 2.64. The molecule has 126 valence electrons. The number of hydrogen-bond acceptors (Lipinski definition) is 3. The Balaban J connectivity index is 1.81. The fourth-order valence-corrected chi connectivity index (χ4v) is 3.26. The van der Waals surface area contributed by atoms with E-state index >= 15 is 0 Å². The molecule has 1 unspecified atom stereocenters. The van der Waals surface area contributed by atoms with E-state index < -0.39 is 5.60 Å². The summed E-state index contributed by atoms with van der Waals surface area (Å²) in [6, 6.07) is 22.2. The van der Waals surface area contributed by atoms with E-state index in [1.807, 2.05) is 49.4 Å². The summed E-state index contributed by atoms with van der Waals surface area (Å²) in [5, 5.41) is 0. The lowest BCUT2D eigenvalue weighted by molar-refractivity contribution is 0.0401. The summed E-state index contributed by atoms with van der Waals surface area (Å²) in [5.74, 6) is 2.53. The van der Waals surface area contributed by atoms with Gasteiger partial charge in [0.2, 0.25) is 0 Å². The maximum Gasteiger partial charge on any atom is 0.170 e. The Labute approximate surface area is 147 Å². The minimum absolute atomic E-state index is 0.529. The average Bonchev–Trinajstić information content (AvgIpc) is 3.30. The highest BCUT2D eigenvalue weighted by molar-refractivity contribution is 5.71. The van der Waals surface area contributed by atoms with E-state index in [9.17, 15) is 0 Å². The first kappa shape index (κ1) is 15.7. The van der Waals surface area contributed by atoms with Crippen LogP contribution in [-0.2, 0) is 10.3 Å². The van der Waals surface area contributed by atoms with Gasteiger partial charge in [-0.3, -0.25) is 0 Å². The van der Waals surface area contributed by atoms with Gasteiger partial charge in [0, 0.05) is 0 Å². The van der Waals surface area contributed by atoms with Crippen LogP contribution in [-0.4, -0.2) is 13.7 Å². The number of methoxy groups -OCH3 is 1. The van der Waals surface area contributed by atoms with Crippen molar-refractivity contribution in [3.05, 3.63) is 95.5 Å². The Morgan fingerprint density at radius 1 is 0.920 bits per heavy atom. The van der Waals surface area contributed by atoms with E-state index in [0.29, 0.717) is 6.61 Å². The Bertz CT molecular complexity index is 891. The smallest absolute Gasteiger partial charge is 0.170 e. The zero-order valence-electron chi connectivity index (χ0n) is 14.4. The van der Waals surface area contributed by atoms with Crippen LogP contribution >= 0.6 is 0 Å². The minimum atomic E-state index is -0.690. The highest BCUT2D eigenvalue weighted by Crippen LogP contribution is 2.43. The zero-order valence-corrected chi connectivity index (χ0v) is 14.4. The molecule has 2 aromatic carbocycles. The third kappa shape index (κ3) is 2.77. The third-order valence-electron chi connectivity index (χ3n) is 4.60. The molecule has 0 saturated heterocycles. The van der Waals surface area contributed by atoms with Gasteiger partial charge >= 0.3 is 0 Å². The lowest BCUT2D eigenvalue weighted by Gasteiger charge is -2.25. The second-order valence-corrected chi connectivity index (χ2v) is 6.20. The predicted molar refractivity (Wildman–Crippen MR) is 97.6 cm³/mol. The molecular weight excluding hydrogens is 312 g/mol. The van der Waals surface area contributed by atoms with Crippen molar-refractivity contribution in [2.24, 2.45) is 0 Å². The molecule has 3 aromatic rings. The van der Waals surface area contributed by atoms with Gasteiger partial charge in [-0.2, -0.15) is 0 Å². The third-order valence-corrected chi connectivity index (χ3v) is 4.60. The molecule has 1 aliphatic heterocycles. The molecule has 0 spiro atoms. The molecule has 0 fully saturated rings. The van der Waals surface area contributed by atoms with Gasteiger partial charge in [0.25, 0.3) is 0 Å². The normalized spacial score (nSPS) is 19.7. The van der Waals surface area contributed by atoms with Crippen molar-refractivity contribution in [3.63, 3.8) is 0 Å². The van der Waals surface area contributed by atoms with Gasteiger partial charge in [-0.1, -0.05) is 42.5 Å². The van der Waals surface area contributed by atoms with Gasteiger partial charge < -0.3 is 13.9 Å². The van der Waals surface area contributed by atoms with Gasteiger partial charge in [0.1, 0.15) is 17.3 Å². The van der Waals surface area contributed by atoms with Crippen molar-refractivity contribution in [1.82, 2.24) is 0 Å². The molecule has 25 heavy (non-hydrogen) atoms. The van der Waals surface area contributed by atoms with E-state index in [1.165, 1.54) is 0 Å². The van der Waals surface area contributed by atoms with E-state index in [-0.39, 0.29) is 0 Å². The molecule has 1 aliphatic rings. The van der Waals surface area contributed by atoms with E-state index in [2.05, 4.69) is 30.3 Å². The molecule has 2 heterocycles. The maximum atomic E-state index is 6.33. The van der Waals surface area contributed by atoms with Gasteiger partial charge in [-0.25, -0.2) is 0 Å². The molecule has 0 saturated carbocycles. The number of furan rings is 1. The molecule has 3 heteroatoms. The van der Waals surface area contributed by atoms with Crippen molar-refractivity contribution in [1.29, 1.82) is 0 Å². The van der Waals surface area contributed by atoms with Crippen LogP contribution in [0, 0.1) is 6.92 Å². The number of rotatable bonds is 4. The Kier molecular flexibility index (Phi) is 3.94. The van der Waals surface area contributed by atoms with Crippen LogP contribution in [0.5, 0.6) is 5.75 Å². The summed E-state index contributed by atoms with van der Waals surface area (Å²) < 4.78 is 17.5. The van der Waals surface area contributed by atoms with Crippen LogP contribution < -0.4 is 4.74 Å². The fraction of sp³-hybridized carbons (Fsp3) is 0.182. The second-order valence-electron chi connectivity index (χ2n) is 6.20. The molecule has 1 aromatic heterocycles. The van der Waals surface area contributed by atoms with Crippen molar-refractivity contribution >= 4 is 5.57 Å². The number of hydrogen-bond donors (Lipinski definition) is 0. The Morgan fingerprint density at radius 2 is 1.68 bits per heavy atom. The molecular formula is C22H20O3. The lowest BCUT2D eigenvalue weighted by atomic mass is 9.89. The average molecular weight is 332 g/mol. The molecule has 3 nitrogen and oxygen atoms in total. The van der Waals surface area contributed by atoms with Crippen molar-refractivity contribution in [2.45, 2.75) is 12.5 Å². The van der Waals surface area contributed by atoms with E-state index in [4.69, 9.17) is 13.9 Å². The van der Waals surface area contributed by atoms with Crippen molar-refractivity contribution in [2.75, 3.05) is 13.7 Å². The van der Waals surface area contributed by atoms with Crippen LogP contribution in [0.2, 0.25) is 0 Å². The van der Waals surface area contributed by atoms with Gasteiger partial charge in [-0.05, 0) is 54.0 Å². The van der Waals surface area contributed by atoms with Crippen molar-refractivity contribution < 1.29 is 13.9 Å². The molecule has 4 rings (SSSR count). The zero-order chi connectivity index (χ0) is 17.3. The minimum Gasteiger partial charge on any atom is -0.497 e. The van der Waals surface area contributed by atoms with Gasteiger partial charge in [0.15, 0.2) is 5.60 Å².